The summed E-state index contributed by atoms with van der Waals surface area (Å²) >= 11 is 0. The second-order valence-corrected chi connectivity index (χ2v) is 20.6. The summed E-state index contributed by atoms with van der Waals surface area (Å²) in [6.07, 6.45) is -1.86. The molecule has 0 saturated carbocycles. The van der Waals surface area contributed by atoms with E-state index in [1.165, 1.54) is 0 Å². The molecule has 1 aromatic carbocycles. The predicted molar refractivity (Wildman–Crippen MR) is 288 cm³/mol. The molecule has 3 rings (SSSR count). The lowest BCUT2D eigenvalue weighted by Crippen LogP contribution is -2.59. The van der Waals surface area contributed by atoms with E-state index >= 15 is 0 Å². The number of rotatable bonds is 18. The van der Waals surface area contributed by atoms with Crippen molar-refractivity contribution < 1.29 is 67.4 Å². The number of nitrogens with one attached hydrogen (secondary N) is 8. The van der Waals surface area contributed by atoms with Crippen LogP contribution in [0.25, 0.3) is 0 Å². The largest absolute Gasteiger partial charge is 0.494 e. The quantitative estimate of drug-likeness (QED) is 0.0281. The Balaban J connectivity index is 2.13. The Kier molecular flexibility index (Phi) is 27.4. The van der Waals surface area contributed by atoms with Crippen molar-refractivity contribution in [1.82, 2.24) is 47.4 Å². The van der Waals surface area contributed by atoms with Crippen LogP contribution in [0, 0.1) is 0 Å². The highest BCUT2D eigenvalue weighted by Crippen LogP contribution is 2.24. The molecule has 436 valence electrons. The number of carboxylic acids is 1. The zero-order chi connectivity index (χ0) is 58.8. The van der Waals surface area contributed by atoms with Gasteiger partial charge in [0.25, 0.3) is 0 Å². The number of hydrogen-bond acceptors (Lipinski definition) is 17. The zero-order valence-electron chi connectivity index (χ0n) is 43.6. The average molecular weight is 1150 g/mol. The molecule has 2 fully saturated rings. The molecule has 31 nitrogen and oxygen atoms in total. The maximum atomic E-state index is 14.4. The number of primary amides is 2. The molecule has 2 aliphatic rings. The van der Waals surface area contributed by atoms with E-state index in [0.717, 1.165) is 33.4 Å². The molecular formula is C46H71N17O14S2. The highest BCUT2D eigenvalue weighted by Gasteiger charge is 2.40. The lowest BCUT2D eigenvalue weighted by Gasteiger charge is -2.30. The zero-order valence-corrected chi connectivity index (χ0v) is 45.3. The first-order chi connectivity index (χ1) is 37.4. The van der Waals surface area contributed by atoms with Crippen molar-refractivity contribution in [2.24, 2.45) is 44.4 Å². The Morgan fingerprint density at radius 3 is 1.82 bits per heavy atom. The first kappa shape index (κ1) is 65.2. The van der Waals surface area contributed by atoms with Crippen LogP contribution in [-0.2, 0) is 64.0 Å². The molecule has 0 unspecified atom stereocenters. The first-order valence-electron chi connectivity index (χ1n) is 24.9. The summed E-state index contributed by atoms with van der Waals surface area (Å²) in [5, 5.41) is 29.4. The average Bonchev–Trinajstić information content (AvgIpc) is 3.89. The van der Waals surface area contributed by atoms with Gasteiger partial charge in [-0.1, -0.05) is 33.7 Å². The smallest absolute Gasteiger partial charge is 0.305 e. The molecule has 79 heavy (non-hydrogen) atoms. The molecule has 33 heteroatoms. The molecule has 2 heterocycles. The van der Waals surface area contributed by atoms with Gasteiger partial charge >= 0.3 is 5.97 Å². The SMILES string of the molecule is CCOc1ccc(C[C@H]2NC(=O)[C@H](CC(=O)O)NC(=O)CNC(=O)[C@H](CCCN=C(N)N)NC(=O)[C@H]3CCCN3C(=O)[C@H](CC(N)=O)NC(=O)[C@@H](NC(C)=O)CSSC[C@@H](C(N)=O)NC(=O)[C@H](CCCN=C(N)N)NC2=O)cc1. The van der Waals surface area contributed by atoms with Gasteiger partial charge in [0.05, 0.1) is 26.0 Å². The molecule has 0 bridgehead atoms. The third-order valence-electron chi connectivity index (χ3n) is 11.7. The number of hydrogen-bond donors (Lipinski definition) is 15. The van der Waals surface area contributed by atoms with Crippen LogP contribution in [0.4, 0.5) is 0 Å². The van der Waals surface area contributed by atoms with Gasteiger partial charge in [-0.25, -0.2) is 0 Å². The number of benzene rings is 1. The number of ether oxygens (including phenoxy) is 1. The fraction of sp³-hybridized carbons (Fsp3) is 0.565. The normalized spacial score (nSPS) is 23.6. The Hall–Kier alpha value is -8.10. The van der Waals surface area contributed by atoms with Gasteiger partial charge in [0.15, 0.2) is 11.9 Å². The van der Waals surface area contributed by atoms with Gasteiger partial charge in [-0.3, -0.25) is 67.5 Å². The molecule has 8 atom stereocenters. The van der Waals surface area contributed by atoms with Crippen molar-refractivity contribution in [2.45, 2.75) is 120 Å². The van der Waals surface area contributed by atoms with Crippen molar-refractivity contribution >= 4 is 104 Å². The summed E-state index contributed by atoms with van der Waals surface area (Å²) in [7, 11) is 1.87. The maximum absolute atomic E-state index is 14.4. The van der Waals surface area contributed by atoms with Crippen LogP contribution >= 0.6 is 21.6 Å². The van der Waals surface area contributed by atoms with E-state index in [9.17, 15) is 62.6 Å². The van der Waals surface area contributed by atoms with E-state index in [2.05, 4.69) is 52.5 Å². The van der Waals surface area contributed by atoms with Crippen LogP contribution in [0.5, 0.6) is 5.75 Å². The van der Waals surface area contributed by atoms with Gasteiger partial charge < -0.3 is 91.7 Å². The second kappa shape index (κ2) is 33.2. The van der Waals surface area contributed by atoms with Crippen molar-refractivity contribution in [1.29, 1.82) is 0 Å². The Morgan fingerprint density at radius 2 is 1.25 bits per heavy atom. The Bertz CT molecular complexity index is 2430. The lowest BCUT2D eigenvalue weighted by atomic mass is 10.0. The van der Waals surface area contributed by atoms with Crippen molar-refractivity contribution in [3.8, 4) is 5.75 Å². The number of carbonyl (C=O) groups excluding carboxylic acids is 11. The summed E-state index contributed by atoms with van der Waals surface area (Å²) in [6.45, 7) is 2.26. The second-order valence-electron chi connectivity index (χ2n) is 18.0. The number of guanidine groups is 2. The highest BCUT2D eigenvalue weighted by atomic mass is 33.1. The predicted octanol–water partition coefficient (Wildman–Crippen LogP) is -6.51. The maximum Gasteiger partial charge on any atom is 0.305 e. The molecule has 2 aliphatic heterocycles. The van der Waals surface area contributed by atoms with Crippen LogP contribution in [0.15, 0.2) is 34.3 Å². The van der Waals surface area contributed by atoms with E-state index in [4.69, 9.17) is 39.1 Å². The van der Waals surface area contributed by atoms with Gasteiger partial charge in [-0.15, -0.1) is 0 Å². The standard InChI is InChI=1S/C46H71N17O14S2/c1-3-77-25-12-10-24(11-13-25)17-28-40(72)58-27(8-5-15-54-46(51)52)39(71)62-31(37(48)69)21-78-79-22-32(56-23(2)64)42(74)61-30(18-34(47)65)44(76)63-16-6-9-33(63)43(75)59-26(7-4-14-53-45(49)50)38(70)55-20-35(66)57-29(19-36(67)68)41(73)60-28/h10-13,26-33H,3-9,14-22H2,1-2H3,(H2,47,65)(H2,48,69)(H,55,70)(H,56,64)(H,57,66)(H,58,72)(H,59,75)(H,60,73)(H,61,74)(H,62,71)(H,67,68)(H4,49,50,53)(H4,51,52,54)/t26-,27-,28+,29-,30-,31-,32-,33+/m0/s1. The minimum atomic E-state index is -1.88. The number of carboxylic acid groups (broad SMARTS) is 1. The van der Waals surface area contributed by atoms with Gasteiger partial charge in [-0.2, -0.15) is 0 Å². The van der Waals surface area contributed by atoms with Crippen LogP contribution in [-0.4, -0.2) is 186 Å². The lowest BCUT2D eigenvalue weighted by molar-refractivity contribution is -0.143. The van der Waals surface area contributed by atoms with Crippen molar-refractivity contribution in [3.63, 3.8) is 0 Å². The topological polar surface area (TPSA) is 515 Å². The summed E-state index contributed by atoms with van der Waals surface area (Å²) in [5.74, 6) is -12.6. The molecule has 1 aromatic rings. The number of nitrogens with zero attached hydrogens (tertiary/aromatic N) is 3. The summed E-state index contributed by atoms with van der Waals surface area (Å²) in [5.41, 5.74) is 33.5. The molecule has 2 saturated heterocycles. The number of fused-ring (bicyclic) bond motifs is 1. The van der Waals surface area contributed by atoms with Crippen LogP contribution in [0.1, 0.15) is 70.8 Å². The Labute approximate surface area is 461 Å². The van der Waals surface area contributed by atoms with Crippen LogP contribution < -0.4 is 81.7 Å². The van der Waals surface area contributed by atoms with Crippen molar-refractivity contribution in [2.75, 3.05) is 44.3 Å². The fourth-order valence-electron chi connectivity index (χ4n) is 7.92. The fourth-order valence-corrected chi connectivity index (χ4v) is 10.3. The molecule has 0 radical (unpaired) electrons. The molecule has 0 aliphatic carbocycles. The van der Waals surface area contributed by atoms with Gasteiger partial charge in [0.2, 0.25) is 65.0 Å². The monoisotopic (exact) mass is 1150 g/mol. The minimum Gasteiger partial charge on any atom is -0.494 e. The molecule has 0 spiro atoms. The molecular weight excluding hydrogens is 1080 g/mol. The molecule has 11 amide bonds. The number of aliphatic carboxylic acids is 1. The van der Waals surface area contributed by atoms with Gasteiger partial charge in [0, 0.05) is 44.5 Å². The van der Waals surface area contributed by atoms with Crippen LogP contribution in [0.2, 0.25) is 0 Å². The number of aliphatic imine (C=N–C) groups is 2. The van der Waals surface area contributed by atoms with E-state index in [1.54, 1.807) is 31.2 Å². The summed E-state index contributed by atoms with van der Waals surface area (Å²) in [4.78, 5) is 170. The van der Waals surface area contributed by atoms with Gasteiger partial charge in [0.1, 0.15) is 54.1 Å². The first-order valence-corrected chi connectivity index (χ1v) is 27.4. The van der Waals surface area contributed by atoms with E-state index in [-0.39, 0.29) is 88.0 Å². The third kappa shape index (κ3) is 23.6. The summed E-state index contributed by atoms with van der Waals surface area (Å²) < 4.78 is 5.52. The van der Waals surface area contributed by atoms with Gasteiger partial charge in [-0.05, 0) is 63.1 Å². The van der Waals surface area contributed by atoms with Crippen molar-refractivity contribution in [3.05, 3.63) is 29.8 Å². The van der Waals surface area contributed by atoms with E-state index in [0.29, 0.717) is 17.9 Å². The molecule has 0 aromatic heterocycles. The number of carbonyl (C=O) groups is 12. The molecule has 21 N–H and O–H groups in total. The Morgan fingerprint density at radius 1 is 0.696 bits per heavy atom. The van der Waals surface area contributed by atoms with E-state index in [1.807, 2.05) is 0 Å². The van der Waals surface area contributed by atoms with Crippen LogP contribution in [0.3, 0.4) is 0 Å². The minimum absolute atomic E-state index is 0.00751. The number of nitrogens with two attached hydrogens (primary N) is 6. The highest BCUT2D eigenvalue weighted by molar-refractivity contribution is 8.76. The van der Waals surface area contributed by atoms with E-state index < -0.39 is 139 Å². The summed E-state index contributed by atoms with van der Waals surface area (Å²) in [6, 6.07) is -5.74. The third-order valence-corrected chi connectivity index (χ3v) is 14.1. The number of amides is 11.